The summed E-state index contributed by atoms with van der Waals surface area (Å²) >= 11 is 0. The number of carboxylic acids is 1. The van der Waals surface area contributed by atoms with E-state index in [4.69, 9.17) is 0 Å². The molecule has 20 heavy (non-hydrogen) atoms. The number of rotatable bonds is 5. The van der Waals surface area contributed by atoms with E-state index >= 15 is 0 Å². The number of aliphatic hydroxyl groups excluding tert-OH is 1. The molecule has 0 unspecified atom stereocenters. The summed E-state index contributed by atoms with van der Waals surface area (Å²) in [6, 6.07) is 11.3. The van der Waals surface area contributed by atoms with Crippen LogP contribution in [0.1, 0.15) is 17.3 Å². The third kappa shape index (κ3) is 3.13. The van der Waals surface area contributed by atoms with Crippen molar-refractivity contribution in [3.63, 3.8) is 0 Å². The van der Waals surface area contributed by atoms with Gasteiger partial charge in [-0.25, -0.2) is 4.79 Å². The van der Waals surface area contributed by atoms with Crippen LogP contribution >= 0.6 is 0 Å². The Hall–Kier alpha value is -2.40. The molecule has 2 rings (SSSR count). The fraction of sp³-hybridized carbons (Fsp3) is 0.200. The third-order valence-corrected chi connectivity index (χ3v) is 3.10. The third-order valence-electron chi connectivity index (χ3n) is 3.10. The van der Waals surface area contributed by atoms with Crippen molar-refractivity contribution in [3.8, 4) is 5.75 Å². The van der Waals surface area contributed by atoms with E-state index in [9.17, 15) is 20.1 Å². The van der Waals surface area contributed by atoms with Gasteiger partial charge in [0.2, 0.25) is 11.9 Å². The molecule has 0 saturated heterocycles. The predicted octanol–water partition coefficient (Wildman–Crippen LogP) is 1.04. The highest BCUT2D eigenvalue weighted by Gasteiger charge is 2.30. The van der Waals surface area contributed by atoms with Gasteiger partial charge in [0.15, 0.2) is 5.75 Å². The second-order valence-electron chi connectivity index (χ2n) is 4.49. The minimum atomic E-state index is -1.01. The second kappa shape index (κ2) is 6.16. The van der Waals surface area contributed by atoms with Crippen LogP contribution in [0.4, 0.5) is 0 Å². The van der Waals surface area contributed by atoms with Gasteiger partial charge in [-0.05, 0) is 11.6 Å². The molecule has 0 amide bonds. The highest BCUT2D eigenvalue weighted by atomic mass is 16.4. The van der Waals surface area contributed by atoms with E-state index in [0.717, 1.165) is 5.56 Å². The molecule has 1 aromatic heterocycles. The van der Waals surface area contributed by atoms with Gasteiger partial charge in [-0.2, -0.15) is 4.57 Å². The molecule has 5 nitrogen and oxygen atoms in total. The Morgan fingerprint density at radius 2 is 1.85 bits per heavy atom. The minimum Gasteiger partial charge on any atom is -0.503 e. The fourth-order valence-corrected chi connectivity index (χ4v) is 2.10. The van der Waals surface area contributed by atoms with E-state index in [1.165, 1.54) is 22.9 Å². The Morgan fingerprint density at radius 3 is 2.45 bits per heavy atom. The maximum Gasteiger partial charge on any atom is 0.373 e. The molecule has 0 saturated carbocycles. The zero-order valence-electron chi connectivity index (χ0n) is 10.8. The van der Waals surface area contributed by atoms with Crippen LogP contribution in [0.15, 0.2) is 48.7 Å². The van der Waals surface area contributed by atoms with Crippen molar-refractivity contribution in [3.05, 3.63) is 59.9 Å². The number of aromatic nitrogens is 1. The molecule has 1 aromatic carbocycles. The van der Waals surface area contributed by atoms with Crippen LogP contribution in [-0.4, -0.2) is 21.3 Å². The number of benzene rings is 1. The Balaban J connectivity index is 2.38. The summed E-state index contributed by atoms with van der Waals surface area (Å²) in [5, 5.41) is 28.3. The van der Waals surface area contributed by atoms with Gasteiger partial charge in [-0.3, -0.25) is 0 Å². The molecular formula is C15H16NO4+. The van der Waals surface area contributed by atoms with Crippen LogP contribution in [0.5, 0.6) is 5.75 Å². The first-order valence-corrected chi connectivity index (χ1v) is 6.22. The van der Waals surface area contributed by atoms with Crippen LogP contribution < -0.4 is 4.57 Å². The molecule has 0 radical (unpaired) electrons. The van der Waals surface area contributed by atoms with Crippen molar-refractivity contribution in [1.29, 1.82) is 0 Å². The Bertz CT molecular complexity index is 598. The summed E-state index contributed by atoms with van der Waals surface area (Å²) in [5.74, 6) is -1.05. The van der Waals surface area contributed by atoms with Crippen molar-refractivity contribution < 1.29 is 24.7 Å². The molecule has 0 spiro atoms. The average Bonchev–Trinajstić information content (AvgIpc) is 2.45. The molecule has 0 aliphatic heterocycles. The standard InChI is InChI=1S/C15H15NO4/c17-10-12-6-7-13(18)9-16(12)14(15(19)20)8-11-4-2-1-3-5-11/h1-7,9,14,17H,8,10H2,(H-,18,19,20)/p+1/t14-/m0/s1. The lowest BCUT2D eigenvalue weighted by Gasteiger charge is -2.11. The highest BCUT2D eigenvalue weighted by molar-refractivity contribution is 5.70. The molecular weight excluding hydrogens is 258 g/mol. The molecule has 0 fully saturated rings. The SMILES string of the molecule is O=C(O)[C@H](Cc1ccccc1)[n+]1cc(O)ccc1CO. The van der Waals surface area contributed by atoms with Crippen LogP contribution in [0.2, 0.25) is 0 Å². The van der Waals surface area contributed by atoms with Crippen molar-refractivity contribution in [2.45, 2.75) is 19.1 Å². The molecule has 104 valence electrons. The number of nitrogens with zero attached hydrogens (tertiary/aromatic N) is 1. The van der Waals surface area contributed by atoms with Gasteiger partial charge in [-0.1, -0.05) is 30.3 Å². The van der Waals surface area contributed by atoms with Gasteiger partial charge in [0.25, 0.3) is 6.04 Å². The van der Waals surface area contributed by atoms with Gasteiger partial charge < -0.3 is 15.3 Å². The molecule has 0 aliphatic carbocycles. The van der Waals surface area contributed by atoms with Crippen molar-refractivity contribution in [2.75, 3.05) is 0 Å². The lowest BCUT2D eigenvalue weighted by Crippen LogP contribution is -2.48. The van der Waals surface area contributed by atoms with E-state index in [-0.39, 0.29) is 18.8 Å². The Morgan fingerprint density at radius 1 is 1.15 bits per heavy atom. The predicted molar refractivity (Wildman–Crippen MR) is 71.0 cm³/mol. The summed E-state index contributed by atoms with van der Waals surface area (Å²) < 4.78 is 1.39. The minimum absolute atomic E-state index is 0.0403. The normalized spacial score (nSPS) is 12.1. The highest BCUT2D eigenvalue weighted by Crippen LogP contribution is 2.13. The maximum absolute atomic E-state index is 11.5. The van der Waals surface area contributed by atoms with Gasteiger partial charge in [0, 0.05) is 12.5 Å². The maximum atomic E-state index is 11.5. The summed E-state index contributed by atoms with van der Waals surface area (Å²) in [5.41, 5.74) is 1.31. The van der Waals surface area contributed by atoms with Crippen LogP contribution in [0.3, 0.4) is 0 Å². The van der Waals surface area contributed by atoms with Gasteiger partial charge >= 0.3 is 5.97 Å². The molecule has 1 atom stereocenters. The number of aliphatic carboxylic acids is 1. The molecule has 2 aromatic rings. The number of carboxylic acid groups (broad SMARTS) is 1. The van der Waals surface area contributed by atoms with Crippen molar-refractivity contribution in [2.24, 2.45) is 0 Å². The first-order valence-electron chi connectivity index (χ1n) is 6.22. The summed E-state index contributed by atoms with van der Waals surface area (Å²) in [7, 11) is 0. The second-order valence-corrected chi connectivity index (χ2v) is 4.49. The lowest BCUT2D eigenvalue weighted by molar-refractivity contribution is -0.719. The number of aliphatic hydroxyl groups is 1. The van der Waals surface area contributed by atoms with E-state index < -0.39 is 12.0 Å². The lowest BCUT2D eigenvalue weighted by atomic mass is 10.1. The molecule has 5 heteroatoms. The first-order chi connectivity index (χ1) is 9.61. The molecule has 0 aliphatic rings. The van der Waals surface area contributed by atoms with E-state index in [1.807, 2.05) is 30.3 Å². The number of aromatic hydroxyl groups is 1. The van der Waals surface area contributed by atoms with Gasteiger partial charge in [-0.15, -0.1) is 0 Å². The van der Waals surface area contributed by atoms with E-state index in [2.05, 4.69) is 0 Å². The smallest absolute Gasteiger partial charge is 0.373 e. The summed E-state index contributed by atoms with van der Waals surface area (Å²) in [4.78, 5) is 11.5. The molecule has 3 N–H and O–H groups in total. The number of hydrogen-bond donors (Lipinski definition) is 3. The largest absolute Gasteiger partial charge is 0.503 e. The zero-order valence-corrected chi connectivity index (χ0v) is 10.8. The topological polar surface area (TPSA) is 81.6 Å². The van der Waals surface area contributed by atoms with Crippen LogP contribution in [-0.2, 0) is 17.8 Å². The fourth-order valence-electron chi connectivity index (χ4n) is 2.10. The molecule has 0 bridgehead atoms. The van der Waals surface area contributed by atoms with Gasteiger partial charge in [0.05, 0.1) is 0 Å². The van der Waals surface area contributed by atoms with E-state index in [1.54, 1.807) is 0 Å². The Kier molecular flexibility index (Phi) is 4.32. The van der Waals surface area contributed by atoms with Crippen molar-refractivity contribution in [1.82, 2.24) is 0 Å². The Labute approximate surface area is 116 Å². The van der Waals surface area contributed by atoms with Crippen LogP contribution in [0.25, 0.3) is 0 Å². The number of carbonyl (C=O) groups is 1. The zero-order chi connectivity index (χ0) is 14.5. The quantitative estimate of drug-likeness (QED) is 0.712. The average molecular weight is 274 g/mol. The van der Waals surface area contributed by atoms with Crippen molar-refractivity contribution >= 4 is 5.97 Å². The van der Waals surface area contributed by atoms with Gasteiger partial charge in [0.1, 0.15) is 6.61 Å². The number of pyridine rings is 1. The first kappa shape index (κ1) is 14.0. The molecule has 1 heterocycles. The van der Waals surface area contributed by atoms with E-state index in [0.29, 0.717) is 5.69 Å². The van der Waals surface area contributed by atoms with Crippen LogP contribution in [0, 0.1) is 0 Å². The monoisotopic (exact) mass is 274 g/mol. The number of hydrogen-bond acceptors (Lipinski definition) is 3. The summed E-state index contributed by atoms with van der Waals surface area (Å²) in [6.45, 7) is -0.293. The summed E-state index contributed by atoms with van der Waals surface area (Å²) in [6.07, 6.45) is 1.60.